The van der Waals surface area contributed by atoms with Gasteiger partial charge in [-0.3, -0.25) is 0 Å². The Balaban J connectivity index is 0.999. The summed E-state index contributed by atoms with van der Waals surface area (Å²) in [4.78, 5) is 30.5. The summed E-state index contributed by atoms with van der Waals surface area (Å²) < 4.78 is 2.27. The fourth-order valence-corrected chi connectivity index (χ4v) is 9.19. The molecule has 11 rings (SSSR count). The highest BCUT2D eigenvalue weighted by Crippen LogP contribution is 2.41. The molecular formula is C54H36N6S. The van der Waals surface area contributed by atoms with Gasteiger partial charge in [-0.15, -0.1) is 11.3 Å². The highest BCUT2D eigenvalue weighted by molar-refractivity contribution is 7.26. The van der Waals surface area contributed by atoms with Crippen molar-refractivity contribution in [3.8, 4) is 68.1 Å². The molecule has 0 spiro atoms. The van der Waals surface area contributed by atoms with E-state index in [0.29, 0.717) is 40.9 Å². The van der Waals surface area contributed by atoms with E-state index in [2.05, 4.69) is 146 Å². The standard InChI is InChI=1S/C54H36N6S/c1-5-14-35(15-6-1)37-24-28-41(29-25-37)51-55-49(39-18-9-3-10-19-39)57-53(58-51)43-32-33-44-47(34-43)61-46-23-13-22-45(48(44)46)54-59-50(40-20-11-4-12-21-40)56-52(60-54)42-30-26-38(27-31-42)36-16-7-2-8-17-36/h1-26,28-34,38H,27H2. The van der Waals surface area contributed by atoms with Crippen molar-refractivity contribution in [2.45, 2.75) is 12.3 Å². The highest BCUT2D eigenvalue weighted by atomic mass is 32.1. The molecule has 7 aromatic carbocycles. The number of rotatable bonds is 8. The van der Waals surface area contributed by atoms with Crippen LogP contribution in [-0.2, 0) is 0 Å². The van der Waals surface area contributed by atoms with E-state index in [0.717, 1.165) is 65.5 Å². The summed E-state index contributed by atoms with van der Waals surface area (Å²) >= 11 is 1.75. The maximum atomic E-state index is 5.19. The minimum absolute atomic E-state index is 0.316. The van der Waals surface area contributed by atoms with E-state index in [1.54, 1.807) is 11.3 Å². The average molecular weight is 801 g/mol. The molecule has 0 bridgehead atoms. The Morgan fingerprint density at radius 1 is 0.393 bits per heavy atom. The minimum Gasteiger partial charge on any atom is -0.208 e. The van der Waals surface area contributed by atoms with Crippen LogP contribution in [0, 0.1) is 0 Å². The molecule has 1 atom stereocenters. The molecule has 0 aliphatic heterocycles. The summed E-state index contributed by atoms with van der Waals surface area (Å²) in [5.41, 5.74) is 9.29. The lowest BCUT2D eigenvalue weighted by molar-refractivity contribution is 0.854. The summed E-state index contributed by atoms with van der Waals surface area (Å²) in [5.74, 6) is 4.15. The first-order valence-corrected chi connectivity index (χ1v) is 21.2. The van der Waals surface area contributed by atoms with E-state index in [4.69, 9.17) is 29.9 Å². The predicted molar refractivity (Wildman–Crippen MR) is 250 cm³/mol. The molecule has 6 nitrogen and oxygen atoms in total. The van der Waals surface area contributed by atoms with E-state index in [-0.39, 0.29) is 0 Å². The smallest absolute Gasteiger partial charge is 0.164 e. The van der Waals surface area contributed by atoms with Crippen LogP contribution in [0.25, 0.3) is 93.8 Å². The van der Waals surface area contributed by atoms with Crippen molar-refractivity contribution in [3.05, 3.63) is 212 Å². The van der Waals surface area contributed by atoms with Crippen molar-refractivity contribution in [1.82, 2.24) is 29.9 Å². The van der Waals surface area contributed by atoms with Gasteiger partial charge in [-0.1, -0.05) is 188 Å². The molecule has 10 aromatic rings. The lowest BCUT2D eigenvalue weighted by Crippen LogP contribution is -2.05. The Labute approximate surface area is 357 Å². The van der Waals surface area contributed by atoms with Crippen LogP contribution in [0.4, 0.5) is 0 Å². The SMILES string of the molecule is C1=CC(c2ccccc2)CC=C1c1nc(-c2ccccc2)nc(-c2cccc3sc4cc(-c5nc(-c6ccccc6)nc(-c6ccc(-c7ccccc7)cc6)n5)ccc4c23)n1. The van der Waals surface area contributed by atoms with Gasteiger partial charge in [0.1, 0.15) is 0 Å². The van der Waals surface area contributed by atoms with Crippen LogP contribution in [0.3, 0.4) is 0 Å². The third kappa shape index (κ3) is 7.22. The maximum absolute atomic E-state index is 5.19. The van der Waals surface area contributed by atoms with E-state index in [9.17, 15) is 0 Å². The predicted octanol–water partition coefficient (Wildman–Crippen LogP) is 13.6. The number of hydrogen-bond acceptors (Lipinski definition) is 7. The van der Waals surface area contributed by atoms with Gasteiger partial charge in [0.25, 0.3) is 0 Å². The Hall–Kier alpha value is -7.74. The number of hydrogen-bond donors (Lipinski definition) is 0. The minimum atomic E-state index is 0.316. The number of nitrogens with zero attached hydrogens (tertiary/aromatic N) is 6. The first-order valence-electron chi connectivity index (χ1n) is 20.4. The molecule has 0 amide bonds. The monoisotopic (exact) mass is 800 g/mol. The molecule has 7 heteroatoms. The summed E-state index contributed by atoms with van der Waals surface area (Å²) in [7, 11) is 0. The third-order valence-corrected chi connectivity index (χ3v) is 12.3. The summed E-state index contributed by atoms with van der Waals surface area (Å²) in [6.45, 7) is 0. The van der Waals surface area contributed by atoms with Crippen LogP contribution < -0.4 is 0 Å². The molecule has 0 fully saturated rings. The van der Waals surface area contributed by atoms with Gasteiger partial charge in [0.05, 0.1) is 0 Å². The van der Waals surface area contributed by atoms with Gasteiger partial charge in [0.2, 0.25) is 0 Å². The number of thiophene rings is 1. The number of benzene rings is 7. The lowest BCUT2D eigenvalue weighted by atomic mass is 9.90. The number of aromatic nitrogens is 6. The van der Waals surface area contributed by atoms with Gasteiger partial charge in [-0.05, 0) is 35.2 Å². The normalized spacial score (nSPS) is 13.7. The highest BCUT2D eigenvalue weighted by Gasteiger charge is 2.20. The van der Waals surface area contributed by atoms with Crippen LogP contribution in [0.1, 0.15) is 23.7 Å². The summed E-state index contributed by atoms with van der Waals surface area (Å²) in [6.07, 6.45) is 7.55. The Morgan fingerprint density at radius 2 is 0.885 bits per heavy atom. The number of fused-ring (bicyclic) bond motifs is 3. The van der Waals surface area contributed by atoms with Crippen molar-refractivity contribution in [3.63, 3.8) is 0 Å². The Kier molecular flexibility index (Phi) is 9.41. The molecule has 1 unspecified atom stereocenters. The molecule has 0 saturated heterocycles. The van der Waals surface area contributed by atoms with Crippen LogP contribution in [0.15, 0.2) is 200 Å². The molecule has 1 aliphatic rings. The van der Waals surface area contributed by atoms with Gasteiger partial charge < -0.3 is 0 Å². The van der Waals surface area contributed by atoms with E-state index in [1.165, 1.54) is 11.1 Å². The van der Waals surface area contributed by atoms with E-state index >= 15 is 0 Å². The molecule has 0 N–H and O–H groups in total. The van der Waals surface area contributed by atoms with E-state index < -0.39 is 0 Å². The van der Waals surface area contributed by atoms with Gasteiger partial charge in [-0.25, -0.2) is 29.9 Å². The second-order valence-electron chi connectivity index (χ2n) is 15.1. The molecule has 3 heterocycles. The van der Waals surface area contributed by atoms with E-state index in [1.807, 2.05) is 54.6 Å². The molecule has 1 aliphatic carbocycles. The van der Waals surface area contributed by atoms with Gasteiger partial charge >= 0.3 is 0 Å². The Morgan fingerprint density at radius 3 is 1.51 bits per heavy atom. The summed E-state index contributed by atoms with van der Waals surface area (Å²) in [5, 5.41) is 2.24. The fourth-order valence-electron chi connectivity index (χ4n) is 8.02. The van der Waals surface area contributed by atoms with Crippen molar-refractivity contribution < 1.29 is 0 Å². The molecular weight excluding hydrogens is 765 g/mol. The molecule has 0 saturated carbocycles. The zero-order valence-electron chi connectivity index (χ0n) is 32.9. The van der Waals surface area contributed by atoms with Crippen LogP contribution >= 0.6 is 11.3 Å². The van der Waals surface area contributed by atoms with Crippen molar-refractivity contribution >= 4 is 37.1 Å². The first kappa shape index (κ1) is 36.3. The lowest BCUT2D eigenvalue weighted by Gasteiger charge is -2.17. The average Bonchev–Trinajstić information content (AvgIpc) is 3.73. The van der Waals surface area contributed by atoms with Crippen LogP contribution in [0.2, 0.25) is 0 Å². The quantitative estimate of drug-likeness (QED) is 0.152. The van der Waals surface area contributed by atoms with Gasteiger partial charge in [0, 0.05) is 59.5 Å². The molecule has 288 valence electrons. The van der Waals surface area contributed by atoms with Crippen molar-refractivity contribution in [2.75, 3.05) is 0 Å². The van der Waals surface area contributed by atoms with Gasteiger partial charge in [-0.2, -0.15) is 0 Å². The molecule has 0 radical (unpaired) electrons. The largest absolute Gasteiger partial charge is 0.208 e. The Bertz CT molecular complexity index is 3250. The maximum Gasteiger partial charge on any atom is 0.164 e. The second-order valence-corrected chi connectivity index (χ2v) is 16.1. The van der Waals surface area contributed by atoms with Crippen molar-refractivity contribution in [1.29, 1.82) is 0 Å². The molecule has 61 heavy (non-hydrogen) atoms. The van der Waals surface area contributed by atoms with Crippen molar-refractivity contribution in [2.24, 2.45) is 0 Å². The number of allylic oxidation sites excluding steroid dienone is 4. The third-order valence-electron chi connectivity index (χ3n) is 11.2. The van der Waals surface area contributed by atoms with Gasteiger partial charge in [0.15, 0.2) is 34.9 Å². The van der Waals surface area contributed by atoms with Crippen LogP contribution in [-0.4, -0.2) is 29.9 Å². The summed E-state index contributed by atoms with van der Waals surface area (Å²) in [6, 6.07) is 62.6. The zero-order chi connectivity index (χ0) is 40.5. The first-order chi connectivity index (χ1) is 30.2. The molecule has 3 aromatic heterocycles. The zero-order valence-corrected chi connectivity index (χ0v) is 33.7. The second kappa shape index (κ2) is 15.8. The van der Waals surface area contributed by atoms with Crippen LogP contribution in [0.5, 0.6) is 0 Å². The fraction of sp³-hybridized carbons (Fsp3) is 0.0370. The topological polar surface area (TPSA) is 77.3 Å².